The summed E-state index contributed by atoms with van der Waals surface area (Å²) >= 11 is 0. The van der Waals surface area contributed by atoms with E-state index in [0.29, 0.717) is 0 Å². The predicted molar refractivity (Wildman–Crippen MR) is 406 cm³/mol. The van der Waals surface area contributed by atoms with Crippen LogP contribution >= 0.6 is 0 Å². The Morgan fingerprint density at radius 3 is 1.10 bits per heavy atom. The number of hydrogen-bond acceptors (Lipinski definition) is 8. The number of fused-ring (bicyclic) bond motifs is 12. The number of para-hydroxylation sites is 9. The predicted octanol–water partition coefficient (Wildman–Crippen LogP) is 19.9. The molecule has 0 bridgehead atoms. The zero-order valence-corrected chi connectivity index (χ0v) is 53.0. The molecule has 0 saturated heterocycles. The van der Waals surface area contributed by atoms with Crippen molar-refractivity contribution in [2.75, 3.05) is 24.5 Å². The summed E-state index contributed by atoms with van der Waals surface area (Å²) in [6, 6.07) is 124. The normalized spacial score (nSPS) is 12.9. The fourth-order valence-corrected chi connectivity index (χ4v) is 16.0. The maximum absolute atomic E-state index is 7.94. The molecule has 2 aromatic heterocycles. The molecule has 4 aliphatic heterocycles. The van der Waals surface area contributed by atoms with E-state index in [4.69, 9.17) is 13.6 Å². The van der Waals surface area contributed by atoms with Gasteiger partial charge < -0.3 is 38.1 Å². The Morgan fingerprint density at radius 1 is 0.265 bits per heavy atom. The van der Waals surface area contributed by atoms with Crippen LogP contribution in [0.25, 0.3) is 44.2 Å². The molecule has 0 aliphatic carbocycles. The third kappa shape index (κ3) is 8.60. The average molecular weight is 1250 g/mol. The monoisotopic (exact) mass is 1250 g/mol. The number of hydrogen-bond donors (Lipinski definition) is 0. The average Bonchev–Trinajstić information content (AvgIpc) is 1.19. The summed E-state index contributed by atoms with van der Waals surface area (Å²) in [5.74, 6) is 1.46. The summed E-state index contributed by atoms with van der Waals surface area (Å²) in [5, 5.41) is 2.04. The topological polar surface area (TPSA) is 51.7 Å². The minimum atomic E-state index is -0.452. The highest BCUT2D eigenvalue weighted by atomic mass is 16.5. The third-order valence-corrected chi connectivity index (χ3v) is 20.0. The second-order valence-corrected chi connectivity index (χ2v) is 25.4. The van der Waals surface area contributed by atoms with Gasteiger partial charge in [0.1, 0.15) is 22.7 Å². The molecule has 0 fully saturated rings. The third-order valence-electron chi connectivity index (χ3n) is 20.0. The summed E-state index contributed by atoms with van der Waals surface area (Å²) in [7, 11) is 0. The molecule has 0 atom stereocenters. The number of rotatable bonds is 11. The zero-order chi connectivity index (χ0) is 64.4. The Bertz CT molecular complexity index is 5630. The van der Waals surface area contributed by atoms with Crippen LogP contribution in [0.5, 0.6) is 11.5 Å². The minimum Gasteiger partial charge on any atom is -0.468 e. The number of nitrogens with zero attached hydrogens (tertiary/aromatic N) is 5. The quantitative estimate of drug-likeness (QED) is 0.119. The summed E-state index contributed by atoms with van der Waals surface area (Å²) in [4.78, 5) is 12.2. The first kappa shape index (κ1) is 55.5. The largest absolute Gasteiger partial charge is 0.468 e. The number of ether oxygens (including phenoxy) is 1. The van der Waals surface area contributed by atoms with Crippen molar-refractivity contribution in [1.29, 1.82) is 0 Å². The molecular formula is C88H57B2N5O3. The molecule has 20 rings (SSSR count). The highest BCUT2D eigenvalue weighted by molar-refractivity contribution is 7.02. The van der Waals surface area contributed by atoms with Crippen molar-refractivity contribution in [3.63, 3.8) is 0 Å². The van der Waals surface area contributed by atoms with E-state index in [1.807, 2.05) is 0 Å². The van der Waals surface area contributed by atoms with E-state index in [-0.39, 0.29) is 0 Å². The van der Waals surface area contributed by atoms with Crippen LogP contribution in [0.15, 0.2) is 355 Å². The molecule has 0 spiro atoms. The van der Waals surface area contributed by atoms with Gasteiger partial charge >= 0.3 is 6.71 Å². The summed E-state index contributed by atoms with van der Waals surface area (Å²) in [6.07, 6.45) is 0. The lowest BCUT2D eigenvalue weighted by atomic mass is 9.32. The summed E-state index contributed by atoms with van der Waals surface area (Å²) in [5.41, 5.74) is 26.8. The molecular weight excluding hydrogens is 1200 g/mol. The molecule has 6 heterocycles. The second-order valence-electron chi connectivity index (χ2n) is 25.4. The molecule has 0 unspecified atom stereocenters. The van der Waals surface area contributed by atoms with Crippen LogP contribution in [0.2, 0.25) is 0 Å². The zero-order valence-electron chi connectivity index (χ0n) is 53.0. The first-order valence-electron chi connectivity index (χ1n) is 33.5. The SMILES string of the molecule is c1ccc(-c2cccc(-c3ccccc3)c2N2c3cc4c(cc3B3c5oc6ccccc6c5N(c5ccccc5)c5cc(N(c6ccccc6)c6ccccc6)cc2c53)B2c3oc5ccccc5c3N(c3ccccc3)c3cc(N(c5ccccc5)c5ccccc5)cc(c32)O4)cc1. The molecule has 0 amide bonds. The summed E-state index contributed by atoms with van der Waals surface area (Å²) < 4.78 is 23.0. The van der Waals surface area contributed by atoms with Gasteiger partial charge in [-0.25, -0.2) is 0 Å². The highest BCUT2D eigenvalue weighted by Crippen LogP contribution is 2.55. The second kappa shape index (κ2) is 22.4. The molecule has 0 N–H and O–H groups in total. The molecule has 4 aliphatic rings. The van der Waals surface area contributed by atoms with E-state index >= 15 is 0 Å². The van der Waals surface area contributed by atoms with Crippen LogP contribution in [0.3, 0.4) is 0 Å². The van der Waals surface area contributed by atoms with E-state index in [0.717, 1.165) is 174 Å². The van der Waals surface area contributed by atoms with E-state index < -0.39 is 13.4 Å². The van der Waals surface area contributed by atoms with Gasteiger partial charge in [0.2, 0.25) is 0 Å². The van der Waals surface area contributed by atoms with E-state index in [1.165, 1.54) is 0 Å². The smallest absolute Gasteiger partial charge is 0.301 e. The Labute approximate surface area is 568 Å². The van der Waals surface area contributed by atoms with Gasteiger partial charge in [-0.15, -0.1) is 0 Å². The lowest BCUT2D eigenvalue weighted by Crippen LogP contribution is -2.64. The molecule has 10 heteroatoms. The first-order valence-corrected chi connectivity index (χ1v) is 33.5. The van der Waals surface area contributed by atoms with Crippen LogP contribution in [0.4, 0.5) is 85.3 Å². The Balaban J connectivity index is 0.937. The van der Waals surface area contributed by atoms with Gasteiger partial charge in [-0.3, -0.25) is 0 Å². The van der Waals surface area contributed by atoms with Crippen molar-refractivity contribution in [1.82, 2.24) is 0 Å². The molecule has 458 valence electrons. The standard InChI is InChI=1S/C88H57B2N5O3/c1-9-30-58(31-10-1)68-48-29-49-69(59-32-11-2-12-33-59)84(68)95-74-57-80-73(90-83-77(94(65-44-23-8-24-45-65)86-71-47-26-28-51-79(71)98-88(86)90)54-67(55-81(83)96-80)92(62-38-17-5-18-39-62)63-40-19-6-20-41-63)56-72(74)89-82-75(93(64-42-21-7-22-43-64)85-70-46-25-27-50-78(70)97-87(85)89)52-66(53-76(82)95)91(60-34-13-3-14-35-60)61-36-15-4-16-37-61/h1-57H. The number of furan rings is 2. The molecule has 0 radical (unpaired) electrons. The Kier molecular flexibility index (Phi) is 12.7. The van der Waals surface area contributed by atoms with Crippen molar-refractivity contribution in [3.05, 3.63) is 346 Å². The van der Waals surface area contributed by atoms with Gasteiger partial charge in [-0.1, -0.05) is 218 Å². The summed E-state index contributed by atoms with van der Waals surface area (Å²) in [6.45, 7) is -0.891. The molecule has 8 nitrogen and oxygen atoms in total. The van der Waals surface area contributed by atoms with Crippen LogP contribution in [-0.2, 0) is 0 Å². The van der Waals surface area contributed by atoms with Gasteiger partial charge in [0.05, 0.1) is 39.8 Å². The first-order chi connectivity index (χ1) is 48.7. The van der Waals surface area contributed by atoms with Crippen molar-refractivity contribution >= 4 is 154 Å². The molecule has 98 heavy (non-hydrogen) atoms. The van der Waals surface area contributed by atoms with E-state index in [1.54, 1.807) is 0 Å². The van der Waals surface area contributed by atoms with E-state index in [9.17, 15) is 0 Å². The minimum absolute atomic E-state index is 0.439. The Morgan fingerprint density at radius 2 is 0.643 bits per heavy atom. The number of anilines is 15. The molecule has 14 aromatic carbocycles. The van der Waals surface area contributed by atoms with Crippen LogP contribution in [0.1, 0.15) is 0 Å². The van der Waals surface area contributed by atoms with Crippen LogP contribution in [-0.4, -0.2) is 13.4 Å². The van der Waals surface area contributed by atoms with Gasteiger partial charge in [0, 0.05) is 96.4 Å². The van der Waals surface area contributed by atoms with Crippen molar-refractivity contribution in [2.45, 2.75) is 0 Å². The Hall–Kier alpha value is -12.9. The van der Waals surface area contributed by atoms with Crippen molar-refractivity contribution < 1.29 is 13.6 Å². The maximum atomic E-state index is 7.94. The molecule has 16 aromatic rings. The fourth-order valence-electron chi connectivity index (χ4n) is 16.0. The van der Waals surface area contributed by atoms with Crippen molar-refractivity contribution in [2.24, 2.45) is 0 Å². The highest BCUT2D eigenvalue weighted by Gasteiger charge is 2.52. The number of benzene rings is 14. The van der Waals surface area contributed by atoms with Crippen LogP contribution < -0.4 is 62.4 Å². The van der Waals surface area contributed by atoms with Crippen molar-refractivity contribution in [3.8, 4) is 33.8 Å². The van der Waals surface area contributed by atoms with Gasteiger partial charge in [0.15, 0.2) is 0 Å². The molecule has 0 saturated carbocycles. The van der Waals surface area contributed by atoms with Crippen LogP contribution in [0, 0.1) is 0 Å². The van der Waals surface area contributed by atoms with Gasteiger partial charge in [-0.05, 0) is 143 Å². The lowest BCUT2D eigenvalue weighted by Gasteiger charge is -2.45. The fraction of sp³-hybridized carbons (Fsp3) is 0. The maximum Gasteiger partial charge on any atom is 0.301 e. The lowest BCUT2D eigenvalue weighted by molar-refractivity contribution is 0.487. The van der Waals surface area contributed by atoms with E-state index in [2.05, 4.69) is 370 Å². The van der Waals surface area contributed by atoms with Gasteiger partial charge in [-0.2, -0.15) is 0 Å². The van der Waals surface area contributed by atoms with Gasteiger partial charge in [0.25, 0.3) is 6.71 Å².